The molecule has 0 unspecified atom stereocenters. The summed E-state index contributed by atoms with van der Waals surface area (Å²) >= 11 is 0. The molecular weight excluding hydrogens is 592 g/mol. The highest BCUT2D eigenvalue weighted by molar-refractivity contribution is 5.94. The van der Waals surface area contributed by atoms with E-state index in [1.165, 1.54) is 26.0 Å². The molecule has 46 heavy (non-hydrogen) atoms. The highest BCUT2D eigenvalue weighted by Gasteiger charge is 2.39. The Kier molecular flexibility index (Phi) is 10.6. The number of benzene rings is 3. The van der Waals surface area contributed by atoms with E-state index >= 15 is 0 Å². The van der Waals surface area contributed by atoms with Gasteiger partial charge in [-0.2, -0.15) is 0 Å². The van der Waals surface area contributed by atoms with Crippen molar-refractivity contribution in [2.45, 2.75) is 52.0 Å². The van der Waals surface area contributed by atoms with Crippen molar-refractivity contribution in [1.29, 1.82) is 0 Å². The molecule has 2 aliphatic heterocycles. The van der Waals surface area contributed by atoms with Crippen LogP contribution in [0.2, 0.25) is 0 Å². The third-order valence-electron chi connectivity index (χ3n) is 8.52. The number of rotatable bonds is 10. The number of nitrogens with zero attached hydrogens (tertiary/aromatic N) is 3. The molecule has 5 atom stereocenters. The van der Waals surface area contributed by atoms with Crippen LogP contribution in [0, 0.1) is 16.0 Å². The highest BCUT2D eigenvalue weighted by Crippen LogP contribution is 2.42. The Labute approximate surface area is 268 Å². The molecule has 2 heterocycles. The second-order valence-corrected chi connectivity index (χ2v) is 11.7. The molecule has 0 spiro atoms. The number of esters is 1. The first-order valence-electron chi connectivity index (χ1n) is 15.4. The van der Waals surface area contributed by atoms with Crippen LogP contribution >= 0.6 is 0 Å². The maximum Gasteiger partial charge on any atom is 0.303 e. The lowest BCUT2D eigenvalue weighted by Crippen LogP contribution is -2.51. The Balaban J connectivity index is 1.28. The molecule has 12 nitrogen and oxygen atoms in total. The minimum atomic E-state index is -0.918. The van der Waals surface area contributed by atoms with Gasteiger partial charge in [0.25, 0.3) is 11.6 Å². The smallest absolute Gasteiger partial charge is 0.303 e. The van der Waals surface area contributed by atoms with E-state index in [1.807, 2.05) is 36.4 Å². The fourth-order valence-corrected chi connectivity index (χ4v) is 5.83. The zero-order valence-electron chi connectivity index (χ0n) is 26.2. The third-order valence-corrected chi connectivity index (χ3v) is 8.52. The van der Waals surface area contributed by atoms with Gasteiger partial charge >= 0.3 is 5.97 Å². The van der Waals surface area contributed by atoms with Crippen LogP contribution in [0.1, 0.15) is 49.9 Å². The maximum absolute atomic E-state index is 12.4. The average Bonchev–Trinajstić information content (AvgIpc) is 3.06. The molecule has 0 saturated carbocycles. The number of carbonyl (C=O) groups is 2. The predicted octanol–water partition coefficient (Wildman–Crippen LogP) is 4.59. The Morgan fingerprint density at radius 1 is 0.978 bits per heavy atom. The molecule has 2 N–H and O–H groups in total. The molecule has 0 aromatic heterocycles. The standard InChI is InChI=1S/C34H40N4O8/c1-22-31(20-36-16-18-37(19-17-36)29-12-14-30(15-13-29)38(42)43)45-34(46-32(22)26-6-4-25(21-39)5-7-26)27-8-10-28(11-9-27)35-33(41)23(2)44-24(3)40/h4-15,22-23,31-32,34,39H,16-21H2,1-3H3,(H,35,41)/t22-,23+,31+,32+,34+/m1/s1. The van der Waals surface area contributed by atoms with Crippen molar-refractivity contribution in [3.8, 4) is 0 Å². The van der Waals surface area contributed by atoms with Crippen LogP contribution in [0.3, 0.4) is 0 Å². The minimum absolute atomic E-state index is 0.0188. The number of hydrogen-bond acceptors (Lipinski definition) is 10. The molecule has 0 radical (unpaired) electrons. The Morgan fingerprint density at radius 2 is 1.61 bits per heavy atom. The molecular formula is C34H40N4O8. The summed E-state index contributed by atoms with van der Waals surface area (Å²) in [6.45, 7) is 8.75. The lowest BCUT2D eigenvalue weighted by Gasteiger charge is -2.44. The summed E-state index contributed by atoms with van der Waals surface area (Å²) in [4.78, 5) is 38.9. The van der Waals surface area contributed by atoms with E-state index in [2.05, 4.69) is 22.0 Å². The van der Waals surface area contributed by atoms with Crippen molar-refractivity contribution in [1.82, 2.24) is 4.90 Å². The molecule has 12 heteroatoms. The second kappa shape index (κ2) is 14.8. The van der Waals surface area contributed by atoms with Crippen LogP contribution in [-0.4, -0.2) is 71.7 Å². The number of amides is 1. The van der Waals surface area contributed by atoms with Crippen molar-refractivity contribution >= 4 is 28.9 Å². The van der Waals surface area contributed by atoms with Crippen LogP contribution in [0.25, 0.3) is 0 Å². The van der Waals surface area contributed by atoms with Crippen molar-refractivity contribution in [2.75, 3.05) is 42.9 Å². The van der Waals surface area contributed by atoms with E-state index in [0.717, 1.165) is 48.6 Å². The fourth-order valence-electron chi connectivity index (χ4n) is 5.83. The topological polar surface area (TPSA) is 144 Å². The minimum Gasteiger partial charge on any atom is -0.453 e. The van der Waals surface area contributed by atoms with E-state index in [1.54, 1.807) is 24.3 Å². The summed E-state index contributed by atoms with van der Waals surface area (Å²) in [7, 11) is 0. The Morgan fingerprint density at radius 3 is 2.20 bits per heavy atom. The molecule has 0 aliphatic carbocycles. The van der Waals surface area contributed by atoms with Gasteiger partial charge in [-0.1, -0.05) is 43.3 Å². The number of piperazine rings is 1. The van der Waals surface area contributed by atoms with Crippen molar-refractivity contribution < 1.29 is 33.8 Å². The summed E-state index contributed by atoms with van der Waals surface area (Å²) in [5, 5.41) is 23.3. The first-order valence-corrected chi connectivity index (χ1v) is 15.4. The quantitative estimate of drug-likeness (QED) is 0.185. The zero-order valence-corrected chi connectivity index (χ0v) is 26.2. The molecule has 244 valence electrons. The highest BCUT2D eigenvalue weighted by atomic mass is 16.7. The maximum atomic E-state index is 12.4. The Hall–Kier alpha value is -4.36. The van der Waals surface area contributed by atoms with E-state index in [0.29, 0.717) is 12.2 Å². The number of carbonyl (C=O) groups excluding carboxylic acids is 2. The number of non-ortho nitro benzene ring substituents is 1. The summed E-state index contributed by atoms with van der Waals surface area (Å²) in [6, 6.07) is 21.7. The van der Waals surface area contributed by atoms with Crippen molar-refractivity contribution in [3.05, 3.63) is 99.6 Å². The van der Waals surface area contributed by atoms with Crippen LogP contribution in [-0.2, 0) is 30.4 Å². The van der Waals surface area contributed by atoms with Gasteiger partial charge < -0.3 is 29.5 Å². The first kappa shape index (κ1) is 33.0. The number of nitro groups is 1. The second-order valence-electron chi connectivity index (χ2n) is 11.7. The molecule has 2 fully saturated rings. The van der Waals surface area contributed by atoms with Gasteiger partial charge in [-0.15, -0.1) is 0 Å². The largest absolute Gasteiger partial charge is 0.453 e. The molecule has 2 saturated heterocycles. The van der Waals surface area contributed by atoms with Crippen molar-refractivity contribution in [2.24, 2.45) is 5.92 Å². The van der Waals surface area contributed by atoms with Gasteiger partial charge in [-0.3, -0.25) is 24.6 Å². The molecule has 1 amide bonds. The monoisotopic (exact) mass is 632 g/mol. The summed E-state index contributed by atoms with van der Waals surface area (Å²) < 4.78 is 18.1. The first-order chi connectivity index (χ1) is 22.1. The van der Waals surface area contributed by atoms with Gasteiger partial charge in [0.15, 0.2) is 12.4 Å². The van der Waals surface area contributed by atoms with Gasteiger partial charge in [0, 0.05) is 74.6 Å². The molecule has 2 aliphatic rings. The van der Waals surface area contributed by atoms with Gasteiger partial charge in [0.1, 0.15) is 0 Å². The van der Waals surface area contributed by atoms with Gasteiger partial charge in [0.05, 0.1) is 23.7 Å². The molecule has 3 aromatic rings. The number of ether oxygens (including phenoxy) is 3. The fraction of sp³-hybridized carbons (Fsp3) is 0.412. The zero-order chi connectivity index (χ0) is 32.8. The van der Waals surface area contributed by atoms with Crippen LogP contribution in [0.4, 0.5) is 17.1 Å². The third kappa shape index (κ3) is 8.07. The number of anilines is 2. The van der Waals surface area contributed by atoms with Crippen LogP contribution in [0.5, 0.6) is 0 Å². The number of nitro benzene ring substituents is 1. The normalized spacial score (nSPS) is 22.6. The summed E-state index contributed by atoms with van der Waals surface area (Å²) in [5.74, 6) is -0.937. The van der Waals surface area contributed by atoms with E-state index in [9.17, 15) is 24.8 Å². The lowest BCUT2D eigenvalue weighted by atomic mass is 9.90. The summed E-state index contributed by atoms with van der Waals surface area (Å²) in [5.41, 5.74) is 4.21. The summed E-state index contributed by atoms with van der Waals surface area (Å²) in [6.07, 6.45) is -1.99. The van der Waals surface area contributed by atoms with E-state index in [4.69, 9.17) is 14.2 Å². The Bertz CT molecular complexity index is 1490. The molecule has 5 rings (SSSR count). The van der Waals surface area contributed by atoms with Crippen molar-refractivity contribution in [3.63, 3.8) is 0 Å². The van der Waals surface area contributed by atoms with Gasteiger partial charge in [-0.05, 0) is 42.3 Å². The SMILES string of the molecule is CC(=O)O[C@@H](C)C(=O)Nc1ccc([C@H]2O[C@@H](CN3CCN(c4ccc([N+](=O)[O-])cc4)CC3)[C@@H](C)[C@@H](c3ccc(CO)cc3)O2)cc1. The number of hydrogen-bond donors (Lipinski definition) is 2. The predicted molar refractivity (Wildman–Crippen MR) is 171 cm³/mol. The van der Waals surface area contributed by atoms with E-state index < -0.39 is 24.3 Å². The number of aliphatic hydroxyl groups is 1. The average molecular weight is 633 g/mol. The van der Waals surface area contributed by atoms with Crippen LogP contribution < -0.4 is 10.2 Å². The number of nitrogens with one attached hydrogen (secondary N) is 1. The van der Waals surface area contributed by atoms with Gasteiger partial charge in [0.2, 0.25) is 0 Å². The van der Waals surface area contributed by atoms with E-state index in [-0.39, 0.29) is 35.3 Å². The number of aliphatic hydroxyl groups excluding tert-OH is 1. The van der Waals surface area contributed by atoms with Crippen LogP contribution in [0.15, 0.2) is 72.8 Å². The van der Waals surface area contributed by atoms with Gasteiger partial charge in [-0.25, -0.2) is 0 Å². The molecule has 3 aromatic carbocycles. The lowest BCUT2D eigenvalue weighted by molar-refractivity contribution is -0.384. The molecule has 0 bridgehead atoms.